The van der Waals surface area contributed by atoms with Crippen molar-refractivity contribution in [1.29, 1.82) is 0 Å². The fourth-order valence-electron chi connectivity index (χ4n) is 2.37. The number of ether oxygens (including phenoxy) is 1. The van der Waals surface area contributed by atoms with Crippen LogP contribution in [0, 0.1) is 0 Å². The highest BCUT2D eigenvalue weighted by Crippen LogP contribution is 2.29. The van der Waals surface area contributed by atoms with Gasteiger partial charge in [-0.05, 0) is 53.5 Å². The Hall–Kier alpha value is -1.23. The Labute approximate surface area is 146 Å². The Morgan fingerprint density at radius 2 is 1.50 bits per heavy atom. The van der Waals surface area contributed by atoms with Gasteiger partial charge in [0.05, 0.1) is 5.60 Å². The molecule has 0 saturated heterocycles. The standard InChI is InChI=1S/C20H32O4/c1-9-14-18(2,3)23-24-19(4,5)16-12-10-15(11-13-16)17(21)20(6,7)22-8/h10-13H,9,14H2,1-8H3. The van der Waals surface area contributed by atoms with E-state index in [9.17, 15) is 4.79 Å². The molecule has 24 heavy (non-hydrogen) atoms. The van der Waals surface area contributed by atoms with E-state index in [1.165, 1.54) is 0 Å². The highest BCUT2D eigenvalue weighted by Gasteiger charge is 2.30. The van der Waals surface area contributed by atoms with Crippen molar-refractivity contribution in [2.24, 2.45) is 0 Å². The smallest absolute Gasteiger partial charge is 0.194 e. The van der Waals surface area contributed by atoms with Crippen molar-refractivity contribution >= 4 is 5.78 Å². The highest BCUT2D eigenvalue weighted by atomic mass is 17.2. The molecule has 0 amide bonds. The van der Waals surface area contributed by atoms with Crippen LogP contribution in [0.1, 0.15) is 77.2 Å². The summed E-state index contributed by atoms with van der Waals surface area (Å²) in [7, 11) is 1.54. The third kappa shape index (κ3) is 5.40. The summed E-state index contributed by atoms with van der Waals surface area (Å²) in [5.74, 6) is -0.0457. The fourth-order valence-corrected chi connectivity index (χ4v) is 2.37. The molecule has 1 rings (SSSR count). The van der Waals surface area contributed by atoms with Gasteiger partial charge >= 0.3 is 0 Å². The van der Waals surface area contributed by atoms with Gasteiger partial charge in [-0.3, -0.25) is 4.79 Å². The Morgan fingerprint density at radius 3 is 1.96 bits per heavy atom. The summed E-state index contributed by atoms with van der Waals surface area (Å²) < 4.78 is 5.26. The summed E-state index contributed by atoms with van der Waals surface area (Å²) in [4.78, 5) is 23.8. The van der Waals surface area contributed by atoms with E-state index in [0.29, 0.717) is 5.56 Å². The molecule has 0 unspecified atom stereocenters. The molecule has 136 valence electrons. The molecule has 0 aliphatic carbocycles. The zero-order chi connectivity index (χ0) is 18.6. The topological polar surface area (TPSA) is 44.8 Å². The van der Waals surface area contributed by atoms with E-state index in [-0.39, 0.29) is 11.4 Å². The second kappa shape index (κ2) is 7.77. The molecule has 0 fully saturated rings. The number of ketones is 1. The first-order chi connectivity index (χ1) is 10.9. The van der Waals surface area contributed by atoms with Gasteiger partial charge in [0.25, 0.3) is 0 Å². The van der Waals surface area contributed by atoms with Crippen molar-refractivity contribution in [3.63, 3.8) is 0 Å². The summed E-state index contributed by atoms with van der Waals surface area (Å²) in [6, 6.07) is 7.41. The SMILES string of the molecule is CCCC(C)(C)OOC(C)(C)c1ccc(C(=O)C(C)(C)OC)cc1. The molecular formula is C20H32O4. The quantitative estimate of drug-likeness (QED) is 0.359. The maximum absolute atomic E-state index is 12.4. The molecule has 1 aromatic carbocycles. The van der Waals surface area contributed by atoms with E-state index < -0.39 is 11.2 Å². The van der Waals surface area contributed by atoms with Gasteiger partial charge in [0, 0.05) is 12.7 Å². The molecule has 0 heterocycles. The highest BCUT2D eigenvalue weighted by molar-refractivity contribution is 6.01. The molecular weight excluding hydrogens is 304 g/mol. The number of carbonyl (C=O) groups is 1. The molecule has 0 aliphatic heterocycles. The second-order valence-electron chi connectivity index (χ2n) is 7.81. The minimum absolute atomic E-state index is 0.0457. The lowest BCUT2D eigenvalue weighted by atomic mass is 9.92. The van der Waals surface area contributed by atoms with Gasteiger partial charge in [-0.15, -0.1) is 0 Å². The third-order valence-electron chi connectivity index (χ3n) is 4.23. The fraction of sp³-hybridized carbons (Fsp3) is 0.650. The zero-order valence-corrected chi connectivity index (χ0v) is 16.4. The van der Waals surface area contributed by atoms with Gasteiger partial charge in [-0.25, -0.2) is 9.78 Å². The van der Waals surface area contributed by atoms with Crippen molar-refractivity contribution in [1.82, 2.24) is 0 Å². The van der Waals surface area contributed by atoms with Crippen LogP contribution in [0.3, 0.4) is 0 Å². The van der Waals surface area contributed by atoms with E-state index in [2.05, 4.69) is 6.92 Å². The third-order valence-corrected chi connectivity index (χ3v) is 4.23. The van der Waals surface area contributed by atoms with E-state index in [1.807, 2.05) is 39.8 Å². The molecule has 1 aromatic rings. The van der Waals surface area contributed by atoms with Gasteiger partial charge < -0.3 is 4.74 Å². The van der Waals surface area contributed by atoms with Gasteiger partial charge in [-0.1, -0.05) is 37.6 Å². The summed E-state index contributed by atoms with van der Waals surface area (Å²) in [5, 5.41) is 0. The van der Waals surface area contributed by atoms with Crippen molar-refractivity contribution in [2.75, 3.05) is 7.11 Å². The number of benzene rings is 1. The molecule has 0 atom stereocenters. The van der Waals surface area contributed by atoms with Gasteiger partial charge in [-0.2, -0.15) is 0 Å². The Kier molecular flexibility index (Phi) is 6.74. The van der Waals surface area contributed by atoms with Crippen molar-refractivity contribution in [3.8, 4) is 0 Å². The van der Waals surface area contributed by atoms with E-state index in [0.717, 1.165) is 18.4 Å². The second-order valence-corrected chi connectivity index (χ2v) is 7.81. The van der Waals surface area contributed by atoms with Crippen molar-refractivity contribution < 1.29 is 19.3 Å². The van der Waals surface area contributed by atoms with Crippen LogP contribution < -0.4 is 0 Å². The first kappa shape index (κ1) is 20.8. The monoisotopic (exact) mass is 336 g/mol. The predicted molar refractivity (Wildman–Crippen MR) is 96.0 cm³/mol. The van der Waals surface area contributed by atoms with Crippen LogP contribution in [0.4, 0.5) is 0 Å². The van der Waals surface area contributed by atoms with E-state index in [4.69, 9.17) is 14.5 Å². The average molecular weight is 336 g/mol. The molecule has 0 bridgehead atoms. The van der Waals surface area contributed by atoms with Crippen LogP contribution in [0.2, 0.25) is 0 Å². The first-order valence-electron chi connectivity index (χ1n) is 8.52. The number of rotatable bonds is 9. The summed E-state index contributed by atoms with van der Waals surface area (Å²) in [6.07, 6.45) is 1.95. The molecule has 0 saturated carbocycles. The van der Waals surface area contributed by atoms with E-state index in [1.54, 1.807) is 33.1 Å². The molecule has 0 radical (unpaired) electrons. The lowest BCUT2D eigenvalue weighted by molar-refractivity contribution is -0.406. The minimum atomic E-state index is -0.833. The van der Waals surface area contributed by atoms with Crippen molar-refractivity contribution in [3.05, 3.63) is 35.4 Å². The summed E-state index contributed by atoms with van der Waals surface area (Å²) in [5.41, 5.74) is -0.204. The molecule has 0 aliphatic rings. The Balaban J connectivity index is 2.85. The summed E-state index contributed by atoms with van der Waals surface area (Å²) >= 11 is 0. The van der Waals surface area contributed by atoms with Crippen LogP contribution in [-0.2, 0) is 20.1 Å². The van der Waals surface area contributed by atoms with Crippen LogP contribution >= 0.6 is 0 Å². The van der Waals surface area contributed by atoms with Gasteiger partial charge in [0.15, 0.2) is 5.78 Å². The number of carbonyl (C=O) groups excluding carboxylic acids is 1. The molecule has 0 N–H and O–H groups in total. The number of hydrogen-bond donors (Lipinski definition) is 0. The van der Waals surface area contributed by atoms with Gasteiger partial charge in [0.1, 0.15) is 11.2 Å². The van der Waals surface area contributed by atoms with Crippen LogP contribution in [-0.4, -0.2) is 24.1 Å². The number of methoxy groups -OCH3 is 1. The summed E-state index contributed by atoms with van der Waals surface area (Å²) in [6.45, 7) is 13.6. The van der Waals surface area contributed by atoms with Crippen LogP contribution in [0.25, 0.3) is 0 Å². The molecule has 4 nitrogen and oxygen atoms in total. The average Bonchev–Trinajstić information content (AvgIpc) is 2.52. The predicted octanol–water partition coefficient (Wildman–Crippen LogP) is 5.06. The molecule has 0 spiro atoms. The maximum Gasteiger partial charge on any atom is 0.194 e. The Morgan fingerprint density at radius 1 is 0.958 bits per heavy atom. The molecule has 4 heteroatoms. The van der Waals surface area contributed by atoms with Gasteiger partial charge in [0.2, 0.25) is 0 Å². The lowest BCUT2D eigenvalue weighted by Crippen LogP contribution is -2.34. The van der Waals surface area contributed by atoms with Crippen LogP contribution in [0.15, 0.2) is 24.3 Å². The Bertz CT molecular complexity index is 541. The normalized spacial score (nSPS) is 13.2. The molecule has 0 aromatic heterocycles. The number of hydrogen-bond acceptors (Lipinski definition) is 4. The maximum atomic E-state index is 12.4. The lowest BCUT2D eigenvalue weighted by Gasteiger charge is -2.31. The van der Waals surface area contributed by atoms with Crippen LogP contribution in [0.5, 0.6) is 0 Å². The number of Topliss-reactive ketones (excluding diaryl/α,β-unsaturated/α-hetero) is 1. The zero-order valence-electron chi connectivity index (χ0n) is 16.4. The first-order valence-corrected chi connectivity index (χ1v) is 8.52. The van der Waals surface area contributed by atoms with E-state index >= 15 is 0 Å². The van der Waals surface area contributed by atoms with Crippen molar-refractivity contribution in [2.45, 2.75) is 78.1 Å². The minimum Gasteiger partial charge on any atom is -0.371 e. The largest absolute Gasteiger partial charge is 0.371 e.